The third kappa shape index (κ3) is 3.43. The van der Waals surface area contributed by atoms with E-state index in [-0.39, 0.29) is 0 Å². The van der Waals surface area contributed by atoms with Gasteiger partial charge in [-0.2, -0.15) is 0 Å². The highest BCUT2D eigenvalue weighted by molar-refractivity contribution is 4.87. The van der Waals surface area contributed by atoms with Gasteiger partial charge in [0, 0.05) is 25.7 Å². The molecular formula is C14H28N2O. The fraction of sp³-hybridized carbons (Fsp3) is 1.00. The zero-order valence-electron chi connectivity index (χ0n) is 11.6. The van der Waals surface area contributed by atoms with E-state index < -0.39 is 0 Å². The molecule has 0 aliphatic carbocycles. The van der Waals surface area contributed by atoms with Gasteiger partial charge >= 0.3 is 0 Å². The number of rotatable bonds is 6. The molecule has 2 aliphatic heterocycles. The van der Waals surface area contributed by atoms with Crippen molar-refractivity contribution in [2.24, 2.45) is 5.92 Å². The maximum Gasteiger partial charge on any atom is 0.0707 e. The van der Waals surface area contributed by atoms with Crippen LogP contribution in [0.3, 0.4) is 0 Å². The summed E-state index contributed by atoms with van der Waals surface area (Å²) in [5, 5.41) is 3.65. The zero-order valence-corrected chi connectivity index (χ0v) is 11.6. The molecule has 4 atom stereocenters. The van der Waals surface area contributed by atoms with E-state index in [0.717, 1.165) is 25.6 Å². The molecule has 100 valence electrons. The van der Waals surface area contributed by atoms with E-state index in [9.17, 15) is 0 Å². The van der Waals surface area contributed by atoms with Gasteiger partial charge in [0.2, 0.25) is 0 Å². The normalized spacial score (nSPS) is 32.6. The van der Waals surface area contributed by atoms with Crippen molar-refractivity contribution in [3.63, 3.8) is 0 Å². The summed E-state index contributed by atoms with van der Waals surface area (Å²) < 4.78 is 5.89. The molecule has 1 N–H and O–H groups in total. The minimum Gasteiger partial charge on any atom is -0.372 e. The molecule has 0 aromatic rings. The topological polar surface area (TPSA) is 24.5 Å². The molecule has 3 heteroatoms. The van der Waals surface area contributed by atoms with E-state index in [2.05, 4.69) is 31.0 Å². The number of fused-ring (bicyclic) bond motifs is 2. The molecule has 2 aliphatic rings. The van der Waals surface area contributed by atoms with Crippen LogP contribution in [0.25, 0.3) is 0 Å². The molecule has 0 radical (unpaired) electrons. The minimum atomic E-state index is 0.521. The molecule has 2 rings (SSSR count). The van der Waals surface area contributed by atoms with E-state index in [1.807, 2.05) is 0 Å². The van der Waals surface area contributed by atoms with Crippen molar-refractivity contribution in [3.05, 3.63) is 0 Å². The number of likely N-dealkylation sites (N-methyl/N-ethyl adjacent to an activating group) is 1. The minimum absolute atomic E-state index is 0.521. The monoisotopic (exact) mass is 240 g/mol. The Morgan fingerprint density at radius 2 is 1.88 bits per heavy atom. The molecule has 0 aromatic heterocycles. The number of nitrogens with one attached hydrogen (secondary N) is 1. The summed E-state index contributed by atoms with van der Waals surface area (Å²) in [6.45, 7) is 11.4. The predicted molar refractivity (Wildman–Crippen MR) is 71.3 cm³/mol. The maximum atomic E-state index is 5.89. The highest BCUT2D eigenvalue weighted by atomic mass is 16.5. The molecule has 4 unspecified atom stereocenters. The molecule has 2 heterocycles. The fourth-order valence-electron chi connectivity index (χ4n) is 3.12. The first-order valence-corrected chi connectivity index (χ1v) is 7.34. The van der Waals surface area contributed by atoms with Crippen LogP contribution in [0.4, 0.5) is 0 Å². The van der Waals surface area contributed by atoms with Crippen molar-refractivity contribution < 1.29 is 4.74 Å². The number of nitrogens with zero attached hydrogens (tertiary/aromatic N) is 1. The van der Waals surface area contributed by atoms with Gasteiger partial charge in [-0.25, -0.2) is 0 Å². The Labute approximate surface area is 106 Å². The summed E-state index contributed by atoms with van der Waals surface area (Å²) in [5.41, 5.74) is 0. The predicted octanol–water partition coefficient (Wildman–Crippen LogP) is 1.87. The van der Waals surface area contributed by atoms with Crippen LogP contribution >= 0.6 is 0 Å². The van der Waals surface area contributed by atoms with Crippen LogP contribution in [0.5, 0.6) is 0 Å². The van der Waals surface area contributed by atoms with E-state index in [0.29, 0.717) is 18.2 Å². The SMILES string of the molecule is CCNC(CN1CC2CCC(C1)O2)C(C)CC. The lowest BCUT2D eigenvalue weighted by atomic mass is 9.98. The van der Waals surface area contributed by atoms with Crippen LogP contribution < -0.4 is 5.32 Å². The lowest BCUT2D eigenvalue weighted by Crippen LogP contribution is -2.50. The highest BCUT2D eigenvalue weighted by Gasteiger charge is 2.34. The lowest BCUT2D eigenvalue weighted by Gasteiger charge is -2.36. The summed E-state index contributed by atoms with van der Waals surface area (Å²) in [5.74, 6) is 0.760. The number of likely N-dealkylation sites (tertiary alicyclic amines) is 1. The molecule has 3 nitrogen and oxygen atoms in total. The van der Waals surface area contributed by atoms with Crippen LogP contribution in [0.2, 0.25) is 0 Å². The summed E-state index contributed by atoms with van der Waals surface area (Å²) in [6, 6.07) is 0.641. The average Bonchev–Trinajstić information content (AvgIpc) is 2.67. The summed E-state index contributed by atoms with van der Waals surface area (Å²) in [4.78, 5) is 2.62. The Balaban J connectivity index is 1.84. The maximum absolute atomic E-state index is 5.89. The van der Waals surface area contributed by atoms with Gasteiger partial charge in [0.05, 0.1) is 12.2 Å². The first-order chi connectivity index (χ1) is 8.22. The Kier molecular flexibility index (Phi) is 4.83. The van der Waals surface area contributed by atoms with Crippen molar-refractivity contribution in [2.75, 3.05) is 26.2 Å². The summed E-state index contributed by atoms with van der Waals surface area (Å²) in [7, 11) is 0. The van der Waals surface area contributed by atoms with Crippen molar-refractivity contribution in [2.45, 2.75) is 58.3 Å². The first-order valence-electron chi connectivity index (χ1n) is 7.34. The molecule has 0 spiro atoms. The van der Waals surface area contributed by atoms with Gasteiger partial charge < -0.3 is 10.1 Å². The molecule has 0 saturated carbocycles. The average molecular weight is 240 g/mol. The number of hydrogen-bond donors (Lipinski definition) is 1. The van der Waals surface area contributed by atoms with Crippen LogP contribution in [0.15, 0.2) is 0 Å². The van der Waals surface area contributed by atoms with Gasteiger partial charge in [-0.15, -0.1) is 0 Å². The molecule has 0 amide bonds. The molecule has 17 heavy (non-hydrogen) atoms. The van der Waals surface area contributed by atoms with Crippen LogP contribution in [0, 0.1) is 5.92 Å². The standard InChI is InChI=1S/C14H28N2O/c1-4-11(3)14(15-5-2)10-16-8-12-6-7-13(9-16)17-12/h11-15H,4-10H2,1-3H3. The number of hydrogen-bond acceptors (Lipinski definition) is 3. The zero-order chi connectivity index (χ0) is 12.3. The van der Waals surface area contributed by atoms with Crippen molar-refractivity contribution in [1.29, 1.82) is 0 Å². The molecule has 0 aromatic carbocycles. The van der Waals surface area contributed by atoms with Crippen LogP contribution in [-0.2, 0) is 4.74 Å². The van der Waals surface area contributed by atoms with E-state index in [1.54, 1.807) is 0 Å². The highest BCUT2D eigenvalue weighted by Crippen LogP contribution is 2.26. The van der Waals surface area contributed by atoms with Gasteiger partial charge in [-0.3, -0.25) is 4.90 Å². The second-order valence-electron chi connectivity index (χ2n) is 5.73. The van der Waals surface area contributed by atoms with Crippen LogP contribution in [-0.4, -0.2) is 49.3 Å². The molecule has 2 bridgehead atoms. The lowest BCUT2D eigenvalue weighted by molar-refractivity contribution is -0.0421. The van der Waals surface area contributed by atoms with Gasteiger partial charge in [0.25, 0.3) is 0 Å². The fourth-order valence-corrected chi connectivity index (χ4v) is 3.12. The third-order valence-corrected chi connectivity index (χ3v) is 4.37. The Hall–Kier alpha value is -0.120. The first kappa shape index (κ1) is 13.3. The quantitative estimate of drug-likeness (QED) is 0.767. The van der Waals surface area contributed by atoms with Gasteiger partial charge in [0.1, 0.15) is 0 Å². The van der Waals surface area contributed by atoms with Crippen molar-refractivity contribution in [3.8, 4) is 0 Å². The molecule has 2 saturated heterocycles. The van der Waals surface area contributed by atoms with E-state index in [4.69, 9.17) is 4.74 Å². The van der Waals surface area contributed by atoms with E-state index >= 15 is 0 Å². The van der Waals surface area contributed by atoms with Gasteiger partial charge in [-0.1, -0.05) is 27.2 Å². The van der Waals surface area contributed by atoms with Crippen LogP contribution in [0.1, 0.15) is 40.0 Å². The smallest absolute Gasteiger partial charge is 0.0707 e. The Morgan fingerprint density at radius 3 is 2.41 bits per heavy atom. The van der Waals surface area contributed by atoms with Gasteiger partial charge in [-0.05, 0) is 25.3 Å². The third-order valence-electron chi connectivity index (χ3n) is 4.37. The van der Waals surface area contributed by atoms with Crippen molar-refractivity contribution in [1.82, 2.24) is 10.2 Å². The Bertz CT molecular complexity index is 222. The second kappa shape index (κ2) is 6.17. The van der Waals surface area contributed by atoms with Gasteiger partial charge in [0.15, 0.2) is 0 Å². The summed E-state index contributed by atoms with van der Waals surface area (Å²) >= 11 is 0. The largest absolute Gasteiger partial charge is 0.372 e. The number of ether oxygens (including phenoxy) is 1. The number of morpholine rings is 1. The summed E-state index contributed by atoms with van der Waals surface area (Å²) in [6.07, 6.45) is 4.85. The molecular weight excluding hydrogens is 212 g/mol. The Morgan fingerprint density at radius 1 is 1.24 bits per heavy atom. The van der Waals surface area contributed by atoms with E-state index in [1.165, 1.54) is 25.8 Å². The second-order valence-corrected chi connectivity index (χ2v) is 5.73. The van der Waals surface area contributed by atoms with Crippen molar-refractivity contribution >= 4 is 0 Å². The molecule has 2 fully saturated rings.